The average molecular weight is 325 g/mol. The Morgan fingerprint density at radius 3 is 3.05 bits per heavy atom. The van der Waals surface area contributed by atoms with E-state index in [1.807, 2.05) is 6.07 Å². The van der Waals surface area contributed by atoms with Crippen molar-refractivity contribution in [3.8, 4) is 0 Å². The molecular weight excluding hydrogens is 304 g/mol. The summed E-state index contributed by atoms with van der Waals surface area (Å²) in [5.41, 5.74) is 2.57. The first kappa shape index (κ1) is 15.0. The van der Waals surface area contributed by atoms with Gasteiger partial charge in [-0.3, -0.25) is 4.79 Å². The van der Waals surface area contributed by atoms with Crippen LogP contribution in [0.3, 0.4) is 0 Å². The summed E-state index contributed by atoms with van der Waals surface area (Å²) in [5, 5.41) is 7.32. The van der Waals surface area contributed by atoms with E-state index in [0.717, 1.165) is 36.6 Å². The SMILES string of the molecule is O=C(NCCSc1c(Cl)ccc2c1CCCCN2)C1CC1. The number of anilines is 1. The molecule has 0 aromatic heterocycles. The largest absolute Gasteiger partial charge is 0.385 e. The van der Waals surface area contributed by atoms with Gasteiger partial charge in [-0.05, 0) is 49.8 Å². The summed E-state index contributed by atoms with van der Waals surface area (Å²) in [5.74, 6) is 1.38. The molecule has 5 heteroatoms. The fraction of sp³-hybridized carbons (Fsp3) is 0.562. The van der Waals surface area contributed by atoms with Gasteiger partial charge in [-0.1, -0.05) is 11.6 Å². The minimum absolute atomic E-state index is 0.218. The minimum atomic E-state index is 0.218. The Bertz CT molecular complexity index is 531. The molecule has 2 aliphatic rings. The van der Waals surface area contributed by atoms with Gasteiger partial charge in [-0.15, -0.1) is 11.8 Å². The number of hydrogen-bond acceptors (Lipinski definition) is 3. The van der Waals surface area contributed by atoms with Crippen molar-refractivity contribution >= 4 is 35.0 Å². The second kappa shape index (κ2) is 6.93. The van der Waals surface area contributed by atoms with Crippen LogP contribution in [0.15, 0.2) is 17.0 Å². The van der Waals surface area contributed by atoms with Crippen molar-refractivity contribution in [3.63, 3.8) is 0 Å². The lowest BCUT2D eigenvalue weighted by Crippen LogP contribution is -2.26. The van der Waals surface area contributed by atoms with Crippen molar-refractivity contribution in [1.82, 2.24) is 5.32 Å². The van der Waals surface area contributed by atoms with Gasteiger partial charge in [0.2, 0.25) is 5.91 Å². The summed E-state index contributed by atoms with van der Waals surface area (Å²) < 4.78 is 0. The number of nitrogens with one attached hydrogen (secondary N) is 2. The van der Waals surface area contributed by atoms with Crippen LogP contribution < -0.4 is 10.6 Å². The van der Waals surface area contributed by atoms with Crippen molar-refractivity contribution < 1.29 is 4.79 Å². The molecule has 1 aromatic carbocycles. The lowest BCUT2D eigenvalue weighted by molar-refractivity contribution is -0.122. The monoisotopic (exact) mass is 324 g/mol. The molecule has 1 amide bonds. The number of halogens is 1. The zero-order valence-corrected chi connectivity index (χ0v) is 13.7. The molecule has 1 aliphatic heterocycles. The Kier molecular flexibility index (Phi) is 4.96. The molecule has 1 aliphatic carbocycles. The van der Waals surface area contributed by atoms with Gasteiger partial charge in [-0.2, -0.15) is 0 Å². The maximum atomic E-state index is 11.6. The standard InChI is InChI=1S/C16H21ClN2OS/c17-13-6-7-14-12(3-1-2-8-18-14)15(13)21-10-9-19-16(20)11-4-5-11/h6-7,11,18H,1-5,8-10H2,(H,19,20). The van der Waals surface area contributed by atoms with Crippen LogP contribution in [-0.2, 0) is 11.2 Å². The van der Waals surface area contributed by atoms with Gasteiger partial charge in [0.25, 0.3) is 0 Å². The third-order valence-electron chi connectivity index (χ3n) is 3.98. The number of thioether (sulfide) groups is 1. The number of carbonyl (C=O) groups excluding carboxylic acids is 1. The second-order valence-corrected chi connectivity index (χ2v) is 7.21. The summed E-state index contributed by atoms with van der Waals surface area (Å²) in [6.07, 6.45) is 5.60. The summed E-state index contributed by atoms with van der Waals surface area (Å²) in [4.78, 5) is 12.8. The third kappa shape index (κ3) is 3.86. The molecule has 0 bridgehead atoms. The summed E-state index contributed by atoms with van der Waals surface area (Å²) >= 11 is 8.14. The van der Waals surface area contributed by atoms with Gasteiger partial charge in [-0.25, -0.2) is 0 Å². The molecule has 3 rings (SSSR count). The van der Waals surface area contributed by atoms with Gasteiger partial charge in [0.05, 0.1) is 5.02 Å². The Balaban J connectivity index is 1.60. The maximum Gasteiger partial charge on any atom is 0.223 e. The van der Waals surface area contributed by atoms with E-state index >= 15 is 0 Å². The van der Waals surface area contributed by atoms with Crippen molar-refractivity contribution in [3.05, 3.63) is 22.7 Å². The predicted octanol–water partition coefficient (Wildman–Crippen LogP) is 3.71. The summed E-state index contributed by atoms with van der Waals surface area (Å²) in [6.45, 7) is 1.75. The Morgan fingerprint density at radius 1 is 1.38 bits per heavy atom. The molecule has 0 radical (unpaired) electrons. The smallest absolute Gasteiger partial charge is 0.223 e. The predicted molar refractivity (Wildman–Crippen MR) is 89.3 cm³/mol. The number of carbonyl (C=O) groups is 1. The highest BCUT2D eigenvalue weighted by atomic mass is 35.5. The lowest BCUT2D eigenvalue weighted by Gasteiger charge is -2.14. The molecule has 3 nitrogen and oxygen atoms in total. The fourth-order valence-corrected chi connectivity index (χ4v) is 3.98. The third-order valence-corrected chi connectivity index (χ3v) is 5.57. The minimum Gasteiger partial charge on any atom is -0.385 e. The lowest BCUT2D eigenvalue weighted by atomic mass is 10.1. The topological polar surface area (TPSA) is 41.1 Å². The van der Waals surface area contributed by atoms with Crippen LogP contribution in [-0.4, -0.2) is 24.7 Å². The van der Waals surface area contributed by atoms with E-state index in [1.54, 1.807) is 11.8 Å². The first-order chi connectivity index (χ1) is 10.3. The van der Waals surface area contributed by atoms with Crippen LogP contribution in [0.2, 0.25) is 5.02 Å². The van der Waals surface area contributed by atoms with Crippen molar-refractivity contribution in [2.24, 2.45) is 5.92 Å². The van der Waals surface area contributed by atoms with Gasteiger partial charge in [0, 0.05) is 35.3 Å². The number of benzene rings is 1. The van der Waals surface area contributed by atoms with E-state index in [-0.39, 0.29) is 11.8 Å². The van der Waals surface area contributed by atoms with Gasteiger partial charge in [0.15, 0.2) is 0 Å². The Hall–Kier alpha value is -0.870. The maximum absolute atomic E-state index is 11.6. The summed E-state index contributed by atoms with van der Waals surface area (Å²) in [7, 11) is 0. The quantitative estimate of drug-likeness (QED) is 0.641. The van der Waals surface area contributed by atoms with Crippen LogP contribution in [0.5, 0.6) is 0 Å². The zero-order chi connectivity index (χ0) is 14.7. The number of hydrogen-bond donors (Lipinski definition) is 2. The van der Waals surface area contributed by atoms with Gasteiger partial charge in [0.1, 0.15) is 0 Å². The van der Waals surface area contributed by atoms with E-state index in [4.69, 9.17) is 11.6 Å². The van der Waals surface area contributed by atoms with Crippen LogP contribution >= 0.6 is 23.4 Å². The normalized spacial score (nSPS) is 17.6. The highest BCUT2D eigenvalue weighted by Gasteiger charge is 2.29. The Morgan fingerprint density at radius 2 is 2.24 bits per heavy atom. The number of rotatable bonds is 5. The van der Waals surface area contributed by atoms with Crippen molar-refractivity contribution in [2.75, 3.05) is 24.2 Å². The van der Waals surface area contributed by atoms with Crippen LogP contribution in [0, 0.1) is 5.92 Å². The van der Waals surface area contributed by atoms with Crippen LogP contribution in [0.25, 0.3) is 0 Å². The first-order valence-corrected chi connectivity index (χ1v) is 9.08. The van der Waals surface area contributed by atoms with E-state index in [2.05, 4.69) is 16.7 Å². The average Bonchev–Trinajstić information content (AvgIpc) is 3.31. The highest BCUT2D eigenvalue weighted by Crippen LogP contribution is 2.37. The molecule has 0 spiro atoms. The fourth-order valence-electron chi connectivity index (χ4n) is 2.64. The van der Waals surface area contributed by atoms with E-state index in [9.17, 15) is 4.79 Å². The number of fused-ring (bicyclic) bond motifs is 1. The van der Waals surface area contributed by atoms with Crippen molar-refractivity contribution in [2.45, 2.75) is 37.0 Å². The molecule has 2 N–H and O–H groups in total. The molecule has 114 valence electrons. The summed E-state index contributed by atoms with van der Waals surface area (Å²) in [6, 6.07) is 4.06. The molecule has 21 heavy (non-hydrogen) atoms. The number of amides is 1. The molecular formula is C16H21ClN2OS. The highest BCUT2D eigenvalue weighted by molar-refractivity contribution is 7.99. The second-order valence-electron chi connectivity index (χ2n) is 5.70. The zero-order valence-electron chi connectivity index (χ0n) is 12.1. The van der Waals surface area contributed by atoms with E-state index in [1.165, 1.54) is 29.0 Å². The molecule has 0 saturated heterocycles. The molecule has 1 saturated carbocycles. The van der Waals surface area contributed by atoms with Gasteiger partial charge < -0.3 is 10.6 Å². The Labute approximate surface area is 135 Å². The van der Waals surface area contributed by atoms with E-state index in [0.29, 0.717) is 6.54 Å². The van der Waals surface area contributed by atoms with Crippen LogP contribution in [0.4, 0.5) is 5.69 Å². The molecule has 0 atom stereocenters. The van der Waals surface area contributed by atoms with Gasteiger partial charge >= 0.3 is 0 Å². The van der Waals surface area contributed by atoms with Crippen molar-refractivity contribution in [1.29, 1.82) is 0 Å². The molecule has 0 unspecified atom stereocenters. The molecule has 1 fully saturated rings. The molecule has 1 heterocycles. The van der Waals surface area contributed by atoms with E-state index < -0.39 is 0 Å². The van der Waals surface area contributed by atoms with Crippen LogP contribution in [0.1, 0.15) is 31.2 Å². The first-order valence-electron chi connectivity index (χ1n) is 7.71. The molecule has 1 aromatic rings.